The molecule has 4 nitrogen and oxygen atoms in total. The van der Waals surface area contributed by atoms with Crippen molar-refractivity contribution < 1.29 is 18.3 Å². The summed E-state index contributed by atoms with van der Waals surface area (Å²) in [4.78, 5) is 11.9. The molecule has 0 aliphatic rings. The number of carbonyl (C=O) groups excluding carboxylic acids is 1. The molecule has 1 amide bonds. The first-order valence-electron chi connectivity index (χ1n) is 6.92. The number of benzene rings is 1. The average molecular weight is 300 g/mol. The van der Waals surface area contributed by atoms with Gasteiger partial charge in [-0.15, -0.1) is 0 Å². The van der Waals surface area contributed by atoms with Crippen LogP contribution in [0.4, 0.5) is 8.78 Å². The Morgan fingerprint density at radius 2 is 2.10 bits per heavy atom. The molecule has 0 aliphatic carbocycles. The quantitative estimate of drug-likeness (QED) is 0.813. The molecule has 21 heavy (non-hydrogen) atoms. The van der Waals surface area contributed by atoms with Crippen LogP contribution in [0.2, 0.25) is 0 Å². The number of hydrogen-bond donors (Lipinski definition) is 2. The molecular weight excluding hydrogens is 278 g/mol. The van der Waals surface area contributed by atoms with Gasteiger partial charge in [0.05, 0.1) is 6.04 Å². The Kier molecular flexibility index (Phi) is 6.55. The van der Waals surface area contributed by atoms with Crippen molar-refractivity contribution in [2.75, 3.05) is 0 Å². The Hall–Kier alpha value is -1.69. The minimum absolute atomic E-state index is 0.0549. The van der Waals surface area contributed by atoms with Gasteiger partial charge in [-0.25, -0.2) is 0 Å². The van der Waals surface area contributed by atoms with Gasteiger partial charge in [-0.2, -0.15) is 8.78 Å². The molecule has 1 aromatic carbocycles. The first kappa shape index (κ1) is 17.4. The van der Waals surface area contributed by atoms with Gasteiger partial charge in [0.15, 0.2) is 0 Å². The average Bonchev–Trinajstić information content (AvgIpc) is 2.44. The molecule has 0 heterocycles. The zero-order valence-electron chi connectivity index (χ0n) is 12.5. The van der Waals surface area contributed by atoms with Crippen molar-refractivity contribution >= 4 is 5.91 Å². The highest BCUT2D eigenvalue weighted by Crippen LogP contribution is 2.22. The normalized spacial score (nSPS) is 13.9. The lowest BCUT2D eigenvalue weighted by Gasteiger charge is -2.18. The number of nitrogens with one attached hydrogen (secondary N) is 1. The van der Waals surface area contributed by atoms with Crippen molar-refractivity contribution in [1.82, 2.24) is 5.32 Å². The Balaban J connectivity index is 2.74. The maximum atomic E-state index is 12.4. The molecule has 118 valence electrons. The van der Waals surface area contributed by atoms with Crippen molar-refractivity contribution in [2.24, 2.45) is 11.7 Å². The highest BCUT2D eigenvalue weighted by Gasteiger charge is 2.19. The minimum Gasteiger partial charge on any atom is -0.434 e. The smallest absolute Gasteiger partial charge is 0.387 e. The molecule has 0 saturated heterocycles. The van der Waals surface area contributed by atoms with E-state index in [4.69, 9.17) is 5.73 Å². The second-order valence-electron chi connectivity index (χ2n) is 5.12. The summed E-state index contributed by atoms with van der Waals surface area (Å²) in [5.74, 6) is -0.179. The summed E-state index contributed by atoms with van der Waals surface area (Å²) in [7, 11) is 0. The van der Waals surface area contributed by atoms with E-state index in [1.54, 1.807) is 12.1 Å². The largest absolute Gasteiger partial charge is 0.434 e. The first-order chi connectivity index (χ1) is 9.85. The van der Waals surface area contributed by atoms with Gasteiger partial charge in [-0.05, 0) is 18.9 Å². The number of hydrogen-bond acceptors (Lipinski definition) is 3. The maximum absolute atomic E-state index is 12.4. The molecule has 2 atom stereocenters. The number of carbonyl (C=O) groups is 1. The number of ether oxygens (including phenoxy) is 1. The van der Waals surface area contributed by atoms with Gasteiger partial charge in [-0.3, -0.25) is 4.79 Å². The predicted octanol–water partition coefficient (Wildman–Crippen LogP) is 2.59. The van der Waals surface area contributed by atoms with Crippen LogP contribution in [0, 0.1) is 12.8 Å². The second-order valence-corrected chi connectivity index (χ2v) is 5.12. The molecule has 2 unspecified atom stereocenters. The number of halogens is 2. The van der Waals surface area contributed by atoms with E-state index in [9.17, 15) is 13.6 Å². The third kappa shape index (κ3) is 5.30. The Bertz CT molecular complexity index is 481. The fourth-order valence-electron chi connectivity index (χ4n) is 1.87. The van der Waals surface area contributed by atoms with E-state index in [1.807, 2.05) is 20.8 Å². The molecule has 0 aromatic heterocycles. The van der Waals surface area contributed by atoms with Gasteiger partial charge in [0.2, 0.25) is 5.91 Å². The van der Waals surface area contributed by atoms with Gasteiger partial charge >= 0.3 is 6.61 Å². The molecule has 0 aliphatic heterocycles. The van der Waals surface area contributed by atoms with Gasteiger partial charge in [0, 0.05) is 12.1 Å². The highest BCUT2D eigenvalue weighted by atomic mass is 19.3. The van der Waals surface area contributed by atoms with Crippen LogP contribution in [0.3, 0.4) is 0 Å². The molecule has 3 N–H and O–H groups in total. The van der Waals surface area contributed by atoms with E-state index in [2.05, 4.69) is 10.1 Å². The zero-order valence-corrected chi connectivity index (χ0v) is 12.5. The summed E-state index contributed by atoms with van der Waals surface area (Å²) in [6.45, 7) is 2.88. The summed E-state index contributed by atoms with van der Waals surface area (Å²) in [6, 6.07) is 4.23. The van der Waals surface area contributed by atoms with Gasteiger partial charge in [0.25, 0.3) is 0 Å². The second kappa shape index (κ2) is 7.93. The van der Waals surface area contributed by atoms with Crippen LogP contribution in [-0.2, 0) is 11.3 Å². The molecule has 0 fully saturated rings. The van der Waals surface area contributed by atoms with Crippen molar-refractivity contribution in [3.05, 3.63) is 29.3 Å². The van der Waals surface area contributed by atoms with Gasteiger partial charge in [0.1, 0.15) is 5.75 Å². The molecule has 1 aromatic rings. The minimum atomic E-state index is -2.90. The van der Waals surface area contributed by atoms with Crippen LogP contribution in [-0.4, -0.2) is 18.6 Å². The molecule has 0 spiro atoms. The fourth-order valence-corrected chi connectivity index (χ4v) is 1.87. The van der Waals surface area contributed by atoms with Gasteiger partial charge in [-0.1, -0.05) is 38.0 Å². The van der Waals surface area contributed by atoms with Gasteiger partial charge < -0.3 is 15.8 Å². The van der Waals surface area contributed by atoms with Crippen LogP contribution >= 0.6 is 0 Å². The van der Waals surface area contributed by atoms with E-state index in [-0.39, 0.29) is 24.1 Å². The van der Waals surface area contributed by atoms with Crippen LogP contribution in [0.15, 0.2) is 18.2 Å². The number of aryl methyl sites for hydroxylation is 1. The van der Waals surface area contributed by atoms with Crippen molar-refractivity contribution in [2.45, 2.75) is 46.4 Å². The van der Waals surface area contributed by atoms with E-state index in [1.165, 1.54) is 6.07 Å². The van der Waals surface area contributed by atoms with Crippen LogP contribution in [0.5, 0.6) is 5.75 Å². The fraction of sp³-hybridized carbons (Fsp3) is 0.533. The van der Waals surface area contributed by atoms with E-state index >= 15 is 0 Å². The summed E-state index contributed by atoms with van der Waals surface area (Å²) in [5.41, 5.74) is 7.22. The van der Waals surface area contributed by atoms with Crippen molar-refractivity contribution in [3.8, 4) is 5.75 Å². The van der Waals surface area contributed by atoms with E-state index < -0.39 is 12.7 Å². The summed E-state index contributed by atoms with van der Waals surface area (Å²) in [6.07, 6.45) is 0.790. The summed E-state index contributed by atoms with van der Waals surface area (Å²) >= 11 is 0. The highest BCUT2D eigenvalue weighted by molar-refractivity contribution is 5.81. The molecule has 1 rings (SSSR count). The monoisotopic (exact) mass is 300 g/mol. The lowest BCUT2D eigenvalue weighted by atomic mass is 9.99. The molecular formula is C15H22F2N2O2. The van der Waals surface area contributed by atoms with Crippen LogP contribution < -0.4 is 15.8 Å². The molecule has 0 bridgehead atoms. The molecule has 0 saturated carbocycles. The predicted molar refractivity (Wildman–Crippen MR) is 77.1 cm³/mol. The first-order valence-corrected chi connectivity index (χ1v) is 6.92. The molecule has 6 heteroatoms. The number of nitrogens with two attached hydrogens (primary N) is 1. The lowest BCUT2D eigenvalue weighted by Crippen LogP contribution is -2.44. The number of rotatable bonds is 7. The Labute approximate surface area is 123 Å². The third-order valence-corrected chi connectivity index (χ3v) is 3.44. The topological polar surface area (TPSA) is 64.4 Å². The summed E-state index contributed by atoms with van der Waals surface area (Å²) in [5, 5.41) is 2.67. The number of alkyl halides is 2. The lowest BCUT2D eigenvalue weighted by molar-refractivity contribution is -0.123. The Morgan fingerprint density at radius 1 is 1.43 bits per heavy atom. The van der Waals surface area contributed by atoms with Crippen molar-refractivity contribution in [1.29, 1.82) is 0 Å². The Morgan fingerprint density at radius 3 is 2.67 bits per heavy atom. The van der Waals surface area contributed by atoms with E-state index in [0.29, 0.717) is 5.56 Å². The van der Waals surface area contributed by atoms with Crippen molar-refractivity contribution in [3.63, 3.8) is 0 Å². The summed E-state index contributed by atoms with van der Waals surface area (Å²) < 4.78 is 29.1. The zero-order chi connectivity index (χ0) is 16.0. The standard InChI is InChI=1S/C15H22F2N2O2/c1-4-10(3)13(18)14(20)19-8-11-7-9(2)5-6-12(11)21-15(16)17/h5-7,10,13,15H,4,8,18H2,1-3H3,(H,19,20). The van der Waals surface area contributed by atoms with E-state index in [0.717, 1.165) is 12.0 Å². The van der Waals surface area contributed by atoms with Crippen LogP contribution in [0.1, 0.15) is 31.4 Å². The maximum Gasteiger partial charge on any atom is 0.387 e. The number of amides is 1. The molecule has 0 radical (unpaired) electrons. The van der Waals surface area contributed by atoms with Crippen LogP contribution in [0.25, 0.3) is 0 Å². The SMILES string of the molecule is CCC(C)C(N)C(=O)NCc1cc(C)ccc1OC(F)F. The third-order valence-electron chi connectivity index (χ3n) is 3.44.